The zero-order chi connectivity index (χ0) is 23.0. The number of aromatic nitrogens is 1. The Morgan fingerprint density at radius 2 is 1.61 bits per heavy atom. The van der Waals surface area contributed by atoms with Crippen molar-refractivity contribution in [3.05, 3.63) is 64.8 Å². The molecule has 168 valence electrons. The van der Waals surface area contributed by atoms with Crippen molar-refractivity contribution < 1.29 is 4.79 Å². The molecule has 0 saturated carbocycles. The van der Waals surface area contributed by atoms with E-state index >= 15 is 0 Å². The van der Waals surface area contributed by atoms with Crippen molar-refractivity contribution in [1.29, 1.82) is 0 Å². The molecule has 2 aromatic carbocycles. The fourth-order valence-corrected chi connectivity index (χ4v) is 4.23. The lowest BCUT2D eigenvalue weighted by Gasteiger charge is -2.20. The van der Waals surface area contributed by atoms with Crippen molar-refractivity contribution in [3.8, 4) is 0 Å². The summed E-state index contributed by atoms with van der Waals surface area (Å²) in [7, 11) is 2.19. The van der Waals surface area contributed by atoms with Gasteiger partial charge < -0.3 is 20.0 Å². The highest BCUT2D eigenvalue weighted by Gasteiger charge is 2.14. The Morgan fingerprint density at radius 3 is 2.16 bits per heavy atom. The number of benzene rings is 2. The molecule has 4 rings (SSSR count). The fraction of sp³-hybridized carbons (Fsp3) is 0.444. The van der Waals surface area contributed by atoms with Gasteiger partial charge in [-0.1, -0.05) is 24.1 Å². The number of likely N-dealkylation sites (tertiary alicyclic amines) is 1. The van der Waals surface area contributed by atoms with Crippen molar-refractivity contribution in [2.24, 2.45) is 0 Å². The van der Waals surface area contributed by atoms with Crippen molar-refractivity contribution in [2.45, 2.75) is 59.9 Å². The molecule has 0 aliphatic carbocycles. The second kappa shape index (κ2) is 11.7. The van der Waals surface area contributed by atoms with E-state index in [-0.39, 0.29) is 0 Å². The molecule has 4 heteroatoms. The van der Waals surface area contributed by atoms with Gasteiger partial charge >= 0.3 is 0 Å². The van der Waals surface area contributed by atoms with Crippen LogP contribution in [0.2, 0.25) is 0 Å². The first kappa shape index (κ1) is 24.7. The second-order valence-electron chi connectivity index (χ2n) is 8.63. The van der Waals surface area contributed by atoms with Gasteiger partial charge in [0.2, 0.25) is 0 Å². The van der Waals surface area contributed by atoms with Crippen molar-refractivity contribution in [2.75, 3.05) is 25.9 Å². The van der Waals surface area contributed by atoms with E-state index in [1.807, 2.05) is 6.07 Å². The zero-order valence-corrected chi connectivity index (χ0v) is 20.1. The minimum Gasteiger partial charge on any atom is -0.399 e. The van der Waals surface area contributed by atoms with E-state index in [1.165, 1.54) is 72.4 Å². The van der Waals surface area contributed by atoms with Gasteiger partial charge in [0, 0.05) is 22.8 Å². The maximum Gasteiger partial charge on any atom is 0.116 e. The van der Waals surface area contributed by atoms with Crippen LogP contribution >= 0.6 is 0 Å². The smallest absolute Gasteiger partial charge is 0.116 e. The quantitative estimate of drug-likeness (QED) is 0.404. The number of nitrogens with two attached hydrogens (primary N) is 1. The van der Waals surface area contributed by atoms with Gasteiger partial charge in [-0.25, -0.2) is 0 Å². The predicted octanol–water partition coefficient (Wildman–Crippen LogP) is 6.07. The first-order valence-electron chi connectivity index (χ1n) is 11.3. The van der Waals surface area contributed by atoms with E-state index in [0.717, 1.165) is 12.0 Å². The summed E-state index contributed by atoms with van der Waals surface area (Å²) in [5.41, 5.74) is 13.2. The number of aryl methyl sites for hydroxylation is 3. The lowest BCUT2D eigenvalue weighted by Crippen LogP contribution is -2.24. The normalized spacial score (nSPS) is 14.8. The molecule has 1 aromatic heterocycles. The third kappa shape index (κ3) is 6.70. The molecule has 0 radical (unpaired) electrons. The number of hydrogen-bond acceptors (Lipinski definition) is 3. The van der Waals surface area contributed by atoms with Crippen LogP contribution in [0.3, 0.4) is 0 Å². The van der Waals surface area contributed by atoms with E-state index in [2.05, 4.69) is 80.7 Å². The maximum absolute atomic E-state index is 8.81. The van der Waals surface area contributed by atoms with Crippen LogP contribution in [0, 0.1) is 20.8 Å². The van der Waals surface area contributed by atoms with Gasteiger partial charge in [-0.3, -0.25) is 0 Å². The van der Waals surface area contributed by atoms with Crippen molar-refractivity contribution >= 4 is 22.9 Å². The summed E-state index contributed by atoms with van der Waals surface area (Å²) in [5.74, 6) is 0. The standard InChI is InChI=1S/C19H22N2.C6H13N.C2H4O/c1-12-5-8-19-18(9-12)14(3)11-21(19)15(4)17-7-6-16(20)10-13(17)2;1-7-5-3-2-4-6-7;1-2-3/h5-11,15H,20H2,1-4H3;2-6H2,1H3;2H,1H3. The highest BCUT2D eigenvalue weighted by atomic mass is 16.1. The molecule has 0 amide bonds. The molecule has 2 N–H and O–H groups in total. The van der Waals surface area contributed by atoms with E-state index in [0.29, 0.717) is 6.04 Å². The summed E-state index contributed by atoms with van der Waals surface area (Å²) in [6, 6.07) is 13.1. The van der Waals surface area contributed by atoms with Crippen LogP contribution in [0.25, 0.3) is 10.9 Å². The van der Waals surface area contributed by atoms with Gasteiger partial charge in [0.25, 0.3) is 0 Å². The maximum atomic E-state index is 8.81. The number of hydrogen-bond donors (Lipinski definition) is 1. The Morgan fingerprint density at radius 1 is 0.968 bits per heavy atom. The molecule has 1 atom stereocenters. The largest absolute Gasteiger partial charge is 0.399 e. The Labute approximate surface area is 188 Å². The van der Waals surface area contributed by atoms with Crippen LogP contribution in [0.5, 0.6) is 0 Å². The Balaban J connectivity index is 0.000000284. The molecule has 3 aromatic rings. The lowest BCUT2D eigenvalue weighted by molar-refractivity contribution is -0.106. The molecule has 2 heterocycles. The number of fused-ring (bicyclic) bond motifs is 1. The summed E-state index contributed by atoms with van der Waals surface area (Å²) >= 11 is 0. The Bertz CT molecular complexity index is 984. The third-order valence-corrected chi connectivity index (χ3v) is 5.93. The summed E-state index contributed by atoms with van der Waals surface area (Å²) in [6.45, 7) is 12.8. The number of nitrogens with zero attached hydrogens (tertiary/aromatic N) is 2. The summed E-state index contributed by atoms with van der Waals surface area (Å²) < 4.78 is 2.36. The van der Waals surface area contributed by atoms with Crippen LogP contribution in [-0.4, -0.2) is 35.9 Å². The molecule has 1 unspecified atom stereocenters. The van der Waals surface area contributed by atoms with E-state index in [9.17, 15) is 0 Å². The SMILES string of the molecule is CC=O.CN1CCCCC1.Cc1ccc2c(c1)c(C)cn2C(C)c1ccc(N)cc1C. The highest BCUT2D eigenvalue weighted by molar-refractivity contribution is 5.84. The molecular weight excluding hydrogens is 382 g/mol. The van der Waals surface area contributed by atoms with Gasteiger partial charge in [-0.15, -0.1) is 0 Å². The Hall–Kier alpha value is -2.59. The molecule has 1 aliphatic heterocycles. The van der Waals surface area contributed by atoms with Crippen LogP contribution in [0.15, 0.2) is 42.6 Å². The second-order valence-corrected chi connectivity index (χ2v) is 8.63. The summed E-state index contributed by atoms with van der Waals surface area (Å²) in [4.78, 5) is 11.2. The predicted molar refractivity (Wildman–Crippen MR) is 134 cm³/mol. The number of carbonyl (C=O) groups excluding carboxylic acids is 1. The molecule has 1 aliphatic rings. The number of nitrogen functional groups attached to an aromatic ring is 1. The highest BCUT2D eigenvalue weighted by Crippen LogP contribution is 2.30. The van der Waals surface area contributed by atoms with Gasteiger partial charge in [0.1, 0.15) is 6.29 Å². The van der Waals surface area contributed by atoms with Crippen molar-refractivity contribution in [3.63, 3.8) is 0 Å². The van der Waals surface area contributed by atoms with Crippen molar-refractivity contribution in [1.82, 2.24) is 9.47 Å². The molecular formula is C27H39N3O. The molecule has 1 fully saturated rings. The minimum absolute atomic E-state index is 0.296. The average molecular weight is 422 g/mol. The monoisotopic (exact) mass is 421 g/mol. The molecule has 4 nitrogen and oxygen atoms in total. The van der Waals surface area contributed by atoms with Gasteiger partial charge in [-0.05, 0) is 109 Å². The first-order valence-corrected chi connectivity index (χ1v) is 11.3. The molecule has 1 saturated heterocycles. The number of anilines is 1. The number of carbonyl (C=O) groups is 1. The fourth-order valence-electron chi connectivity index (χ4n) is 4.23. The van der Waals surface area contributed by atoms with Crippen LogP contribution < -0.4 is 5.73 Å². The third-order valence-electron chi connectivity index (χ3n) is 5.93. The van der Waals surface area contributed by atoms with Gasteiger partial charge in [0.05, 0.1) is 6.04 Å². The van der Waals surface area contributed by atoms with E-state index in [4.69, 9.17) is 10.5 Å². The topological polar surface area (TPSA) is 51.3 Å². The average Bonchev–Trinajstić information content (AvgIpc) is 3.05. The van der Waals surface area contributed by atoms with E-state index in [1.54, 1.807) is 0 Å². The van der Waals surface area contributed by atoms with Gasteiger partial charge in [-0.2, -0.15) is 0 Å². The number of piperidine rings is 1. The number of aldehydes is 1. The van der Waals surface area contributed by atoms with Gasteiger partial charge in [0.15, 0.2) is 0 Å². The minimum atomic E-state index is 0.296. The number of rotatable bonds is 2. The van der Waals surface area contributed by atoms with E-state index < -0.39 is 0 Å². The molecule has 31 heavy (non-hydrogen) atoms. The summed E-state index contributed by atoms with van der Waals surface area (Å²) in [5, 5.41) is 1.34. The lowest BCUT2D eigenvalue weighted by atomic mass is 10.0. The zero-order valence-electron chi connectivity index (χ0n) is 20.1. The van der Waals surface area contributed by atoms with Crippen LogP contribution in [0.1, 0.15) is 61.4 Å². The molecule has 0 spiro atoms. The van der Waals surface area contributed by atoms with Crippen LogP contribution in [0.4, 0.5) is 5.69 Å². The summed E-state index contributed by atoms with van der Waals surface area (Å²) in [6.07, 6.45) is 7.28. The molecule has 0 bridgehead atoms. The van der Waals surface area contributed by atoms with Crippen LogP contribution in [-0.2, 0) is 4.79 Å². The Kier molecular flexibility index (Phi) is 9.32. The first-order chi connectivity index (χ1) is 14.8.